The van der Waals surface area contributed by atoms with Gasteiger partial charge in [-0.15, -0.1) is 0 Å². The summed E-state index contributed by atoms with van der Waals surface area (Å²) in [7, 11) is 0. The minimum atomic E-state index is -0.940. The van der Waals surface area contributed by atoms with Crippen molar-refractivity contribution in [1.29, 1.82) is 0 Å². The Labute approximate surface area is 120 Å². The van der Waals surface area contributed by atoms with Crippen LogP contribution in [-0.4, -0.2) is 17.8 Å². The van der Waals surface area contributed by atoms with E-state index in [1.165, 1.54) is 0 Å². The first-order valence-corrected chi connectivity index (χ1v) is 6.43. The molecule has 0 bridgehead atoms. The number of hydrogen-bond donors (Lipinski definition) is 1. The van der Waals surface area contributed by atoms with Gasteiger partial charge < -0.3 is 9.84 Å². The van der Waals surface area contributed by atoms with E-state index in [1.807, 2.05) is 0 Å². The highest BCUT2D eigenvalue weighted by Gasteiger charge is 2.11. The highest BCUT2D eigenvalue weighted by molar-refractivity contribution is 6.30. The maximum Gasteiger partial charge on any atom is 0.126 e. The molecule has 2 aromatic rings. The summed E-state index contributed by atoms with van der Waals surface area (Å²) in [4.78, 5) is 0. The van der Waals surface area contributed by atoms with Crippen molar-refractivity contribution in [3.63, 3.8) is 0 Å². The molecular weight excluding hydrogens is 286 g/mol. The average Bonchev–Trinajstić information content (AvgIpc) is 2.41. The second kappa shape index (κ2) is 6.68. The Morgan fingerprint density at radius 3 is 2.70 bits per heavy atom. The van der Waals surface area contributed by atoms with Gasteiger partial charge in [0.05, 0.1) is 6.10 Å². The van der Waals surface area contributed by atoms with E-state index in [-0.39, 0.29) is 18.6 Å². The maximum absolute atomic E-state index is 13.4. The van der Waals surface area contributed by atoms with Crippen molar-refractivity contribution in [3.05, 3.63) is 64.7 Å². The monoisotopic (exact) mass is 298 g/mol. The van der Waals surface area contributed by atoms with Gasteiger partial charge in [-0.25, -0.2) is 8.78 Å². The molecule has 20 heavy (non-hydrogen) atoms. The van der Waals surface area contributed by atoms with Crippen LogP contribution in [0, 0.1) is 11.6 Å². The molecule has 0 amide bonds. The van der Waals surface area contributed by atoms with Crippen molar-refractivity contribution >= 4 is 11.6 Å². The molecule has 0 spiro atoms. The number of rotatable bonds is 5. The number of benzene rings is 2. The zero-order valence-electron chi connectivity index (χ0n) is 10.5. The van der Waals surface area contributed by atoms with E-state index in [4.69, 9.17) is 16.3 Å². The highest BCUT2D eigenvalue weighted by atomic mass is 35.5. The molecule has 1 atom stereocenters. The normalized spacial score (nSPS) is 12.2. The van der Waals surface area contributed by atoms with Gasteiger partial charge in [0, 0.05) is 11.4 Å². The van der Waals surface area contributed by atoms with Crippen LogP contribution in [-0.2, 0) is 6.42 Å². The molecule has 2 nitrogen and oxygen atoms in total. The minimum absolute atomic E-state index is 0.0237. The lowest BCUT2D eigenvalue weighted by Crippen LogP contribution is -2.20. The topological polar surface area (TPSA) is 29.5 Å². The zero-order chi connectivity index (χ0) is 14.5. The van der Waals surface area contributed by atoms with Crippen molar-refractivity contribution in [2.45, 2.75) is 12.5 Å². The van der Waals surface area contributed by atoms with E-state index in [2.05, 4.69) is 0 Å². The van der Waals surface area contributed by atoms with Crippen molar-refractivity contribution in [2.24, 2.45) is 0 Å². The summed E-state index contributed by atoms with van der Waals surface area (Å²) in [6, 6.07) is 9.86. The summed E-state index contributed by atoms with van der Waals surface area (Å²) < 4.78 is 31.7. The third-order valence-corrected chi connectivity index (χ3v) is 2.94. The summed E-state index contributed by atoms with van der Waals surface area (Å²) in [6.07, 6.45) is -0.963. The predicted octanol–water partition coefficient (Wildman–Crippen LogP) is 3.60. The molecule has 1 N–H and O–H groups in total. The molecule has 0 aromatic heterocycles. The van der Waals surface area contributed by atoms with Gasteiger partial charge in [-0.1, -0.05) is 17.7 Å². The van der Waals surface area contributed by atoms with Gasteiger partial charge in [0.15, 0.2) is 0 Å². The molecule has 106 valence electrons. The standard InChI is InChI=1S/C15H13ClF2O2/c16-11-2-1-3-14(8-11)20-9-13(19)7-10-6-12(17)4-5-15(10)18/h1-6,8,13,19H,7,9H2. The van der Waals surface area contributed by atoms with Crippen LogP contribution < -0.4 is 4.74 Å². The fourth-order valence-electron chi connectivity index (χ4n) is 1.76. The molecule has 1 unspecified atom stereocenters. The minimum Gasteiger partial charge on any atom is -0.491 e. The summed E-state index contributed by atoms with van der Waals surface area (Å²) in [5.74, 6) is -0.575. The molecule has 0 fully saturated rings. The average molecular weight is 299 g/mol. The SMILES string of the molecule is OC(COc1cccc(Cl)c1)Cc1cc(F)ccc1F. The first-order valence-electron chi connectivity index (χ1n) is 6.05. The van der Waals surface area contributed by atoms with Gasteiger partial charge in [0.25, 0.3) is 0 Å². The number of aliphatic hydroxyl groups excluding tert-OH is 1. The van der Waals surface area contributed by atoms with E-state index >= 15 is 0 Å². The number of aliphatic hydroxyl groups is 1. The smallest absolute Gasteiger partial charge is 0.126 e. The molecule has 0 saturated carbocycles. The van der Waals surface area contributed by atoms with Gasteiger partial charge >= 0.3 is 0 Å². The van der Waals surface area contributed by atoms with Crippen LogP contribution in [0.1, 0.15) is 5.56 Å². The van der Waals surface area contributed by atoms with E-state index in [0.29, 0.717) is 10.8 Å². The lowest BCUT2D eigenvalue weighted by atomic mass is 10.1. The molecule has 0 heterocycles. The van der Waals surface area contributed by atoms with Gasteiger partial charge in [-0.3, -0.25) is 0 Å². The van der Waals surface area contributed by atoms with Crippen LogP contribution in [0.2, 0.25) is 5.02 Å². The van der Waals surface area contributed by atoms with Gasteiger partial charge in [-0.05, 0) is 42.0 Å². The zero-order valence-corrected chi connectivity index (χ0v) is 11.3. The van der Waals surface area contributed by atoms with Crippen LogP contribution in [0.5, 0.6) is 5.75 Å². The third-order valence-electron chi connectivity index (χ3n) is 2.70. The summed E-state index contributed by atoms with van der Waals surface area (Å²) in [6.45, 7) is -0.0315. The molecule has 2 aromatic carbocycles. The van der Waals surface area contributed by atoms with E-state index in [9.17, 15) is 13.9 Å². The summed E-state index contributed by atoms with van der Waals surface area (Å²) in [5, 5.41) is 10.3. The Hall–Kier alpha value is -1.65. The van der Waals surface area contributed by atoms with Crippen LogP contribution in [0.25, 0.3) is 0 Å². The van der Waals surface area contributed by atoms with Crippen LogP contribution in [0.4, 0.5) is 8.78 Å². The molecule has 0 aliphatic rings. The number of hydrogen-bond acceptors (Lipinski definition) is 2. The van der Waals surface area contributed by atoms with Crippen molar-refractivity contribution < 1.29 is 18.6 Å². The van der Waals surface area contributed by atoms with Crippen LogP contribution >= 0.6 is 11.6 Å². The van der Waals surface area contributed by atoms with Crippen molar-refractivity contribution in [3.8, 4) is 5.75 Å². The first-order chi connectivity index (χ1) is 9.54. The fourth-order valence-corrected chi connectivity index (χ4v) is 1.94. The number of halogens is 3. The largest absolute Gasteiger partial charge is 0.491 e. The Morgan fingerprint density at radius 2 is 1.95 bits per heavy atom. The predicted molar refractivity (Wildman–Crippen MR) is 73.0 cm³/mol. The molecule has 0 aliphatic heterocycles. The summed E-state index contributed by atoms with van der Waals surface area (Å²) >= 11 is 5.79. The van der Waals surface area contributed by atoms with E-state index < -0.39 is 17.7 Å². The molecule has 5 heteroatoms. The second-order valence-electron chi connectivity index (χ2n) is 4.36. The van der Waals surface area contributed by atoms with Crippen molar-refractivity contribution in [1.82, 2.24) is 0 Å². The summed E-state index contributed by atoms with van der Waals surface area (Å²) in [5.41, 5.74) is 0.118. The lowest BCUT2D eigenvalue weighted by Gasteiger charge is -2.13. The molecule has 2 rings (SSSR count). The first kappa shape index (κ1) is 14.8. The Kier molecular flexibility index (Phi) is 4.93. The molecule has 0 aliphatic carbocycles. The lowest BCUT2D eigenvalue weighted by molar-refractivity contribution is 0.107. The van der Waals surface area contributed by atoms with Gasteiger partial charge in [0.1, 0.15) is 24.0 Å². The van der Waals surface area contributed by atoms with Crippen molar-refractivity contribution in [2.75, 3.05) is 6.61 Å². The van der Waals surface area contributed by atoms with Crippen LogP contribution in [0.3, 0.4) is 0 Å². The fraction of sp³-hybridized carbons (Fsp3) is 0.200. The quantitative estimate of drug-likeness (QED) is 0.914. The van der Waals surface area contributed by atoms with Gasteiger partial charge in [0.2, 0.25) is 0 Å². The Bertz CT molecular complexity index is 590. The number of ether oxygens (including phenoxy) is 1. The Morgan fingerprint density at radius 1 is 1.15 bits per heavy atom. The van der Waals surface area contributed by atoms with Gasteiger partial charge in [-0.2, -0.15) is 0 Å². The van der Waals surface area contributed by atoms with Crippen LogP contribution in [0.15, 0.2) is 42.5 Å². The molecule has 0 radical (unpaired) electrons. The molecular formula is C15H13ClF2O2. The maximum atomic E-state index is 13.4. The molecule has 0 saturated heterocycles. The third kappa shape index (κ3) is 4.18. The Balaban J connectivity index is 1.92. The highest BCUT2D eigenvalue weighted by Crippen LogP contribution is 2.18. The van der Waals surface area contributed by atoms with E-state index in [1.54, 1.807) is 24.3 Å². The van der Waals surface area contributed by atoms with E-state index in [0.717, 1.165) is 18.2 Å². The second-order valence-corrected chi connectivity index (χ2v) is 4.80.